The predicted molar refractivity (Wildman–Crippen MR) is 156 cm³/mol. The first-order valence-electron chi connectivity index (χ1n) is 11.6. The van der Waals surface area contributed by atoms with E-state index in [0.29, 0.717) is 22.3 Å². The Morgan fingerprint density at radius 1 is 0.972 bits per heavy atom. The van der Waals surface area contributed by atoms with Crippen molar-refractivity contribution in [1.29, 1.82) is 0 Å². The molecule has 0 N–H and O–H groups in total. The number of likely N-dealkylation sites (N-methyl/N-ethyl adjacent to an activating group) is 1. The van der Waals surface area contributed by atoms with Crippen molar-refractivity contribution < 1.29 is 4.79 Å². The van der Waals surface area contributed by atoms with Gasteiger partial charge in [-0.2, -0.15) is 0 Å². The molecule has 0 aliphatic rings. The Balaban J connectivity index is 0.00000304. The van der Waals surface area contributed by atoms with Crippen LogP contribution in [0.25, 0.3) is 31.7 Å². The minimum absolute atomic E-state index is 0. The number of aromatic nitrogens is 2. The zero-order valence-corrected chi connectivity index (χ0v) is 23.2. The highest BCUT2D eigenvalue weighted by atomic mass is 35.5. The second-order valence-corrected chi connectivity index (χ2v) is 10.5. The molecule has 9 heteroatoms. The van der Waals surface area contributed by atoms with Crippen LogP contribution in [-0.4, -0.2) is 47.0 Å². The normalized spacial score (nSPS) is 11.2. The first kappa shape index (κ1) is 26.5. The van der Waals surface area contributed by atoms with Gasteiger partial charge in [-0.1, -0.05) is 67.1 Å². The largest absolute Gasteiger partial charge is 0.302 e. The molecule has 0 saturated heterocycles. The lowest BCUT2D eigenvalue weighted by Gasteiger charge is -2.25. The minimum Gasteiger partial charge on any atom is -0.302 e. The van der Waals surface area contributed by atoms with Crippen molar-refractivity contribution in [2.75, 3.05) is 31.1 Å². The van der Waals surface area contributed by atoms with Gasteiger partial charge in [0, 0.05) is 18.5 Å². The lowest BCUT2D eigenvalue weighted by atomic mass is 10.1. The number of fused-ring (bicyclic) bond motifs is 2. The van der Waals surface area contributed by atoms with E-state index in [9.17, 15) is 4.79 Å². The van der Waals surface area contributed by atoms with Crippen LogP contribution in [0.1, 0.15) is 24.2 Å². The Bertz CT molecular complexity index is 1480. The maximum Gasteiger partial charge on any atom is 0.260 e. The third kappa shape index (κ3) is 5.26. The monoisotopic (exact) mass is 556 g/mol. The third-order valence-electron chi connectivity index (χ3n) is 6.09. The highest BCUT2D eigenvalue weighted by Crippen LogP contribution is 2.35. The number of amides is 1. The first-order chi connectivity index (χ1) is 17.1. The quantitative estimate of drug-likeness (QED) is 0.197. The van der Waals surface area contributed by atoms with Crippen LogP contribution in [0.5, 0.6) is 0 Å². The molecule has 0 spiro atoms. The van der Waals surface area contributed by atoms with E-state index in [-0.39, 0.29) is 18.3 Å². The van der Waals surface area contributed by atoms with Gasteiger partial charge in [0.05, 0.1) is 31.4 Å². The van der Waals surface area contributed by atoms with Crippen molar-refractivity contribution in [3.05, 3.63) is 76.6 Å². The summed E-state index contributed by atoms with van der Waals surface area (Å²) in [5, 5.41) is 4.11. The number of nitrogens with zero attached hydrogens (tertiary/aromatic N) is 4. The molecule has 0 unspecified atom stereocenters. The Kier molecular flexibility index (Phi) is 8.59. The fourth-order valence-electron chi connectivity index (χ4n) is 4.13. The molecule has 0 fully saturated rings. The second-order valence-electron chi connectivity index (χ2n) is 8.12. The molecule has 0 atom stereocenters. The molecule has 0 aliphatic carbocycles. The van der Waals surface area contributed by atoms with E-state index in [1.807, 2.05) is 66.0 Å². The van der Waals surface area contributed by atoms with Crippen LogP contribution in [0.15, 0.2) is 66.0 Å². The smallest absolute Gasteiger partial charge is 0.260 e. The second kappa shape index (κ2) is 11.7. The van der Waals surface area contributed by atoms with Crippen LogP contribution < -0.4 is 4.90 Å². The van der Waals surface area contributed by atoms with E-state index in [1.165, 1.54) is 11.3 Å². The molecule has 0 saturated carbocycles. The Labute approximate surface area is 229 Å². The zero-order chi connectivity index (χ0) is 24.4. The fraction of sp³-hybridized carbons (Fsp3) is 0.222. The number of carbonyl (C=O) groups excluding carboxylic acids is 1. The topological polar surface area (TPSA) is 49.3 Å². The van der Waals surface area contributed by atoms with Crippen LogP contribution in [0.4, 0.5) is 5.13 Å². The van der Waals surface area contributed by atoms with Gasteiger partial charge >= 0.3 is 0 Å². The van der Waals surface area contributed by atoms with Gasteiger partial charge in [0.1, 0.15) is 5.52 Å². The number of hydrogen-bond acceptors (Lipinski definition) is 6. The molecule has 3 heterocycles. The SMILES string of the molecule is CCN(CC)CCN(C(=O)c1cc(-c2cccs2)nc2ccccc12)c1nc2c(Cl)cccc2s1.Cl. The van der Waals surface area contributed by atoms with Crippen molar-refractivity contribution in [3.8, 4) is 10.6 Å². The summed E-state index contributed by atoms with van der Waals surface area (Å²) in [6.45, 7) is 7.40. The highest BCUT2D eigenvalue weighted by Gasteiger charge is 2.25. The van der Waals surface area contributed by atoms with Crippen molar-refractivity contribution in [2.24, 2.45) is 0 Å². The Morgan fingerprint density at radius 2 is 1.78 bits per heavy atom. The summed E-state index contributed by atoms with van der Waals surface area (Å²) in [6.07, 6.45) is 0. The number of anilines is 1. The predicted octanol–water partition coefficient (Wildman–Crippen LogP) is 7.64. The van der Waals surface area contributed by atoms with E-state index in [1.54, 1.807) is 16.2 Å². The summed E-state index contributed by atoms with van der Waals surface area (Å²) in [4.78, 5) is 29.0. The highest BCUT2D eigenvalue weighted by molar-refractivity contribution is 7.22. The number of thiazole rings is 1. The van der Waals surface area contributed by atoms with Crippen LogP contribution in [-0.2, 0) is 0 Å². The van der Waals surface area contributed by atoms with Crippen LogP contribution in [0.2, 0.25) is 5.02 Å². The summed E-state index contributed by atoms with van der Waals surface area (Å²) in [5.41, 5.74) is 2.97. The van der Waals surface area contributed by atoms with Crippen molar-refractivity contribution in [1.82, 2.24) is 14.9 Å². The lowest BCUT2D eigenvalue weighted by molar-refractivity contribution is 0.0985. The summed E-state index contributed by atoms with van der Waals surface area (Å²) in [7, 11) is 0. The van der Waals surface area contributed by atoms with Gasteiger partial charge in [-0.3, -0.25) is 9.69 Å². The molecule has 36 heavy (non-hydrogen) atoms. The summed E-state index contributed by atoms with van der Waals surface area (Å²) < 4.78 is 0.965. The lowest BCUT2D eigenvalue weighted by Crippen LogP contribution is -2.39. The maximum atomic E-state index is 14.2. The average molecular weight is 558 g/mol. The number of para-hydroxylation sites is 2. The fourth-order valence-corrected chi connectivity index (χ4v) is 6.11. The Hall–Kier alpha value is -2.55. The Morgan fingerprint density at radius 3 is 2.50 bits per heavy atom. The molecule has 0 bridgehead atoms. The van der Waals surface area contributed by atoms with Crippen LogP contribution in [0, 0.1) is 0 Å². The van der Waals surface area contributed by atoms with Gasteiger partial charge in [-0.05, 0) is 48.8 Å². The number of benzene rings is 2. The minimum atomic E-state index is -0.0799. The van der Waals surface area contributed by atoms with Crippen molar-refractivity contribution >= 4 is 78.8 Å². The van der Waals surface area contributed by atoms with Gasteiger partial charge in [-0.15, -0.1) is 23.7 Å². The average Bonchev–Trinajstić information content (AvgIpc) is 3.57. The summed E-state index contributed by atoms with van der Waals surface area (Å²) in [5.74, 6) is -0.0799. The van der Waals surface area contributed by atoms with E-state index >= 15 is 0 Å². The number of rotatable bonds is 8. The van der Waals surface area contributed by atoms with Gasteiger partial charge in [-0.25, -0.2) is 9.97 Å². The zero-order valence-electron chi connectivity index (χ0n) is 20.0. The van der Waals surface area contributed by atoms with Crippen LogP contribution >= 0.6 is 46.7 Å². The molecule has 0 aliphatic heterocycles. The van der Waals surface area contributed by atoms with Crippen molar-refractivity contribution in [2.45, 2.75) is 13.8 Å². The van der Waals surface area contributed by atoms with Gasteiger partial charge in [0.2, 0.25) is 0 Å². The van der Waals surface area contributed by atoms with Crippen LogP contribution in [0.3, 0.4) is 0 Å². The van der Waals surface area contributed by atoms with E-state index < -0.39 is 0 Å². The number of pyridine rings is 1. The standard InChI is InChI=1S/C27H25ClN4OS2.ClH/c1-3-31(4-2)14-15-32(27-30-25-20(28)10-7-12-24(25)35-27)26(33)19-17-22(23-13-8-16-34-23)29-21-11-6-5-9-18(19)21;/h5-13,16-17H,3-4,14-15H2,1-2H3;1H. The van der Waals surface area contributed by atoms with E-state index in [0.717, 1.165) is 51.3 Å². The number of hydrogen-bond donors (Lipinski definition) is 0. The number of halogens is 2. The first-order valence-corrected chi connectivity index (χ1v) is 13.7. The summed E-state index contributed by atoms with van der Waals surface area (Å²) in [6, 6.07) is 19.5. The van der Waals surface area contributed by atoms with E-state index in [2.05, 4.69) is 18.7 Å². The molecule has 186 valence electrons. The molecule has 3 aromatic heterocycles. The van der Waals surface area contributed by atoms with Crippen molar-refractivity contribution in [3.63, 3.8) is 0 Å². The molecule has 1 amide bonds. The maximum absolute atomic E-state index is 14.2. The molecule has 2 aromatic carbocycles. The number of thiophene rings is 1. The molecule has 5 rings (SSSR count). The molecular weight excluding hydrogens is 531 g/mol. The molecule has 0 radical (unpaired) electrons. The van der Waals surface area contributed by atoms with Gasteiger partial charge < -0.3 is 4.90 Å². The summed E-state index contributed by atoms with van der Waals surface area (Å²) >= 11 is 9.54. The third-order valence-corrected chi connectivity index (χ3v) is 8.33. The molecule has 5 nitrogen and oxygen atoms in total. The van der Waals surface area contributed by atoms with Gasteiger partial charge in [0.15, 0.2) is 5.13 Å². The number of carbonyl (C=O) groups is 1. The van der Waals surface area contributed by atoms with Gasteiger partial charge in [0.25, 0.3) is 5.91 Å². The molecule has 5 aromatic rings. The molecular formula is C27H26Cl2N4OS2. The van der Waals surface area contributed by atoms with E-state index in [4.69, 9.17) is 21.6 Å².